The van der Waals surface area contributed by atoms with E-state index in [1.165, 1.54) is 4.90 Å². The van der Waals surface area contributed by atoms with Crippen molar-refractivity contribution in [3.63, 3.8) is 0 Å². The van der Waals surface area contributed by atoms with Crippen LogP contribution in [0.25, 0.3) is 0 Å². The second kappa shape index (κ2) is 4.44. The number of hydrogen-bond acceptors (Lipinski definition) is 2. The summed E-state index contributed by atoms with van der Waals surface area (Å²) in [6, 6.07) is 9.36. The molecule has 0 atom stereocenters. The summed E-state index contributed by atoms with van der Waals surface area (Å²) in [6.45, 7) is 6.33. The van der Waals surface area contributed by atoms with Gasteiger partial charge in [-0.3, -0.25) is 9.69 Å². The van der Waals surface area contributed by atoms with Crippen LogP contribution in [0.2, 0.25) is 0 Å². The molecule has 1 aromatic carbocycles. The zero-order chi connectivity index (χ0) is 13.3. The Kier molecular flexibility index (Phi) is 3.11. The molecule has 0 N–H and O–H groups in total. The number of carbonyl (C=O) groups is 2. The summed E-state index contributed by atoms with van der Waals surface area (Å²) in [4.78, 5) is 27.0. The molecular weight excluding hydrogens is 228 g/mol. The van der Waals surface area contributed by atoms with E-state index in [4.69, 9.17) is 0 Å². The van der Waals surface area contributed by atoms with Crippen molar-refractivity contribution in [1.82, 2.24) is 9.80 Å². The number of carbonyl (C=O) groups excluding carboxylic acids is 2. The van der Waals surface area contributed by atoms with Gasteiger partial charge in [0, 0.05) is 5.54 Å². The lowest BCUT2D eigenvalue weighted by Gasteiger charge is -2.30. The van der Waals surface area contributed by atoms with Crippen LogP contribution in [0.1, 0.15) is 26.3 Å². The first-order chi connectivity index (χ1) is 8.39. The van der Waals surface area contributed by atoms with Gasteiger partial charge in [0.25, 0.3) is 5.91 Å². The van der Waals surface area contributed by atoms with E-state index in [0.717, 1.165) is 5.56 Å². The Morgan fingerprint density at radius 1 is 1.11 bits per heavy atom. The molecule has 1 aliphatic heterocycles. The van der Waals surface area contributed by atoms with Gasteiger partial charge < -0.3 is 4.90 Å². The number of imide groups is 1. The molecule has 2 rings (SSSR count). The lowest BCUT2D eigenvalue weighted by atomic mass is 10.1. The molecule has 4 nitrogen and oxygen atoms in total. The van der Waals surface area contributed by atoms with E-state index in [1.54, 1.807) is 4.90 Å². The smallest absolute Gasteiger partial charge is 0.310 e. The van der Waals surface area contributed by atoms with Crippen molar-refractivity contribution in [2.45, 2.75) is 32.9 Å². The highest BCUT2D eigenvalue weighted by Crippen LogP contribution is 2.22. The monoisotopic (exact) mass is 246 g/mol. The van der Waals surface area contributed by atoms with Crippen LogP contribution < -0.4 is 0 Å². The molecule has 4 heteroatoms. The summed E-state index contributed by atoms with van der Waals surface area (Å²) < 4.78 is 0. The Balaban J connectivity index is 2.16. The molecule has 1 aliphatic rings. The zero-order valence-corrected chi connectivity index (χ0v) is 11.0. The first kappa shape index (κ1) is 12.6. The predicted molar refractivity (Wildman–Crippen MR) is 68.8 cm³/mol. The first-order valence-corrected chi connectivity index (χ1v) is 6.05. The van der Waals surface area contributed by atoms with Crippen LogP contribution in [0.3, 0.4) is 0 Å². The van der Waals surface area contributed by atoms with E-state index >= 15 is 0 Å². The van der Waals surface area contributed by atoms with Gasteiger partial charge in [0.05, 0.1) is 6.54 Å². The van der Waals surface area contributed by atoms with Gasteiger partial charge >= 0.3 is 6.03 Å². The number of urea groups is 1. The maximum absolute atomic E-state index is 12.2. The molecule has 18 heavy (non-hydrogen) atoms. The van der Waals surface area contributed by atoms with Gasteiger partial charge in [0.1, 0.15) is 6.54 Å². The molecule has 0 radical (unpaired) electrons. The fraction of sp³-hybridized carbons (Fsp3) is 0.429. The summed E-state index contributed by atoms with van der Waals surface area (Å²) in [5.74, 6) is -0.126. The van der Waals surface area contributed by atoms with E-state index in [2.05, 4.69) is 0 Å². The van der Waals surface area contributed by atoms with Crippen molar-refractivity contribution in [3.8, 4) is 0 Å². The highest BCUT2D eigenvalue weighted by atomic mass is 16.2. The van der Waals surface area contributed by atoms with Crippen molar-refractivity contribution in [2.75, 3.05) is 6.54 Å². The third-order valence-electron chi connectivity index (χ3n) is 3.05. The van der Waals surface area contributed by atoms with E-state index in [-0.39, 0.29) is 24.0 Å². The van der Waals surface area contributed by atoms with Crippen LogP contribution >= 0.6 is 0 Å². The molecule has 0 aliphatic carbocycles. The second-order valence-corrected chi connectivity index (χ2v) is 5.51. The van der Waals surface area contributed by atoms with Gasteiger partial charge in [-0.2, -0.15) is 0 Å². The average molecular weight is 246 g/mol. The standard InChI is InChI=1S/C14H18N2O2/c1-14(2,3)16-10-12(17)15(13(16)18)9-11-7-5-4-6-8-11/h4-8H,9-10H2,1-3H3. The SMILES string of the molecule is CC(C)(C)N1CC(=O)N(Cc2ccccc2)C1=O. The van der Waals surface area contributed by atoms with Crippen LogP contribution in [-0.2, 0) is 11.3 Å². The van der Waals surface area contributed by atoms with E-state index in [9.17, 15) is 9.59 Å². The highest BCUT2D eigenvalue weighted by molar-refractivity contribution is 6.02. The maximum atomic E-state index is 12.2. The summed E-state index contributed by atoms with van der Waals surface area (Å²) >= 11 is 0. The summed E-state index contributed by atoms with van der Waals surface area (Å²) in [5, 5.41) is 0. The van der Waals surface area contributed by atoms with Crippen molar-refractivity contribution in [3.05, 3.63) is 35.9 Å². The van der Waals surface area contributed by atoms with Gasteiger partial charge in [0.2, 0.25) is 0 Å². The molecule has 0 saturated carbocycles. The summed E-state index contributed by atoms with van der Waals surface area (Å²) in [6.07, 6.45) is 0. The third kappa shape index (κ3) is 2.37. The molecule has 96 valence electrons. The molecular formula is C14H18N2O2. The van der Waals surface area contributed by atoms with E-state index in [1.807, 2.05) is 51.1 Å². The number of hydrogen-bond donors (Lipinski definition) is 0. The summed E-state index contributed by atoms with van der Waals surface area (Å²) in [5.41, 5.74) is 0.646. The number of amides is 3. The Bertz CT molecular complexity index is 462. The van der Waals surface area contributed by atoms with Crippen LogP contribution in [-0.4, -0.2) is 33.8 Å². The zero-order valence-electron chi connectivity index (χ0n) is 11.0. The van der Waals surface area contributed by atoms with E-state index < -0.39 is 0 Å². The molecule has 1 saturated heterocycles. The Hall–Kier alpha value is -1.84. The van der Waals surface area contributed by atoms with Crippen molar-refractivity contribution in [2.24, 2.45) is 0 Å². The number of rotatable bonds is 2. The van der Waals surface area contributed by atoms with Gasteiger partial charge in [-0.05, 0) is 26.3 Å². The number of nitrogens with zero attached hydrogens (tertiary/aromatic N) is 2. The minimum absolute atomic E-state index is 0.126. The van der Waals surface area contributed by atoms with Gasteiger partial charge in [-0.25, -0.2) is 4.79 Å². The Morgan fingerprint density at radius 3 is 2.22 bits per heavy atom. The van der Waals surface area contributed by atoms with Crippen molar-refractivity contribution >= 4 is 11.9 Å². The molecule has 0 bridgehead atoms. The largest absolute Gasteiger partial charge is 0.327 e. The molecule has 1 aromatic rings. The maximum Gasteiger partial charge on any atom is 0.327 e. The fourth-order valence-electron chi connectivity index (χ4n) is 1.99. The van der Waals surface area contributed by atoms with Gasteiger partial charge in [0.15, 0.2) is 0 Å². The Labute approximate surface area is 107 Å². The lowest BCUT2D eigenvalue weighted by Crippen LogP contribution is -2.44. The molecule has 0 unspecified atom stereocenters. The van der Waals surface area contributed by atoms with E-state index in [0.29, 0.717) is 6.54 Å². The molecule has 1 heterocycles. The van der Waals surface area contributed by atoms with Crippen molar-refractivity contribution in [1.29, 1.82) is 0 Å². The van der Waals surface area contributed by atoms with Gasteiger partial charge in [-0.15, -0.1) is 0 Å². The summed E-state index contributed by atoms with van der Waals surface area (Å²) in [7, 11) is 0. The van der Waals surface area contributed by atoms with Crippen LogP contribution in [0.4, 0.5) is 4.79 Å². The average Bonchev–Trinajstić information content (AvgIpc) is 2.58. The molecule has 3 amide bonds. The Morgan fingerprint density at radius 2 is 1.72 bits per heavy atom. The molecule has 0 spiro atoms. The normalized spacial score (nSPS) is 16.6. The molecule has 1 fully saturated rings. The minimum atomic E-state index is -0.321. The third-order valence-corrected chi connectivity index (χ3v) is 3.05. The molecule has 0 aromatic heterocycles. The topological polar surface area (TPSA) is 40.6 Å². The van der Waals surface area contributed by atoms with Crippen molar-refractivity contribution < 1.29 is 9.59 Å². The van der Waals surface area contributed by atoms with Gasteiger partial charge in [-0.1, -0.05) is 30.3 Å². The highest BCUT2D eigenvalue weighted by Gasteiger charge is 2.41. The van der Waals surface area contributed by atoms with Crippen LogP contribution in [0, 0.1) is 0 Å². The van der Waals surface area contributed by atoms with Crippen LogP contribution in [0.5, 0.6) is 0 Å². The van der Waals surface area contributed by atoms with Crippen LogP contribution in [0.15, 0.2) is 30.3 Å². The number of benzene rings is 1. The fourth-order valence-corrected chi connectivity index (χ4v) is 1.99. The minimum Gasteiger partial charge on any atom is -0.310 e. The predicted octanol–water partition coefficient (Wildman–Crippen LogP) is 2.25. The lowest BCUT2D eigenvalue weighted by molar-refractivity contribution is -0.125. The first-order valence-electron chi connectivity index (χ1n) is 6.05. The quantitative estimate of drug-likeness (QED) is 0.751. The second-order valence-electron chi connectivity index (χ2n) is 5.51.